The van der Waals surface area contributed by atoms with E-state index in [-0.39, 0.29) is 18.6 Å². The molecule has 4 N–H and O–H groups in total. The van der Waals surface area contributed by atoms with E-state index in [1.165, 1.54) is 0 Å². The van der Waals surface area contributed by atoms with Gasteiger partial charge in [0.05, 0.1) is 12.1 Å². The number of hydrogen-bond acceptors (Lipinski definition) is 4. The number of nitrogens with two attached hydrogens (primary N) is 2. The van der Waals surface area contributed by atoms with Gasteiger partial charge in [-0.2, -0.15) is 0 Å². The van der Waals surface area contributed by atoms with Crippen molar-refractivity contribution < 1.29 is 14.3 Å². The summed E-state index contributed by atoms with van der Waals surface area (Å²) in [6.45, 7) is 1.29. The van der Waals surface area contributed by atoms with Crippen LogP contribution < -0.4 is 16.2 Å². The Morgan fingerprint density at radius 3 is 2.50 bits per heavy atom. The van der Waals surface area contributed by atoms with E-state index in [4.69, 9.17) is 16.2 Å². The van der Waals surface area contributed by atoms with Crippen molar-refractivity contribution in [3.63, 3.8) is 0 Å². The predicted octanol–water partition coefficient (Wildman–Crippen LogP) is 0.114. The number of amides is 2. The highest BCUT2D eigenvalue weighted by Gasteiger charge is 2.24. The Hall–Kier alpha value is -2.08. The third-order valence-corrected chi connectivity index (χ3v) is 3.42. The summed E-state index contributed by atoms with van der Waals surface area (Å²) in [5.41, 5.74) is 11.0. The van der Waals surface area contributed by atoms with Gasteiger partial charge in [-0.1, -0.05) is 12.1 Å². The van der Waals surface area contributed by atoms with Crippen molar-refractivity contribution in [2.75, 3.05) is 19.6 Å². The Morgan fingerprint density at radius 2 is 1.90 bits per heavy atom. The fraction of sp³-hybridized carbons (Fsp3) is 0.429. The van der Waals surface area contributed by atoms with E-state index in [9.17, 15) is 9.59 Å². The number of rotatable bonds is 4. The zero-order chi connectivity index (χ0) is 14.5. The molecule has 6 heteroatoms. The molecule has 0 unspecified atom stereocenters. The number of benzene rings is 1. The molecule has 2 rings (SSSR count). The van der Waals surface area contributed by atoms with Crippen LogP contribution >= 0.6 is 0 Å². The highest BCUT2D eigenvalue weighted by Crippen LogP contribution is 2.22. The third-order valence-electron chi connectivity index (χ3n) is 3.42. The molecule has 0 aliphatic carbocycles. The van der Waals surface area contributed by atoms with Crippen molar-refractivity contribution in [1.82, 2.24) is 4.90 Å². The van der Waals surface area contributed by atoms with Gasteiger partial charge in [-0.05, 0) is 12.1 Å². The molecule has 2 amide bonds. The largest absolute Gasteiger partial charge is 0.489 e. The monoisotopic (exact) mass is 277 g/mol. The minimum absolute atomic E-state index is 0.0164. The van der Waals surface area contributed by atoms with Gasteiger partial charge in [-0.15, -0.1) is 0 Å². The van der Waals surface area contributed by atoms with Crippen LogP contribution in [0.15, 0.2) is 24.3 Å². The quantitative estimate of drug-likeness (QED) is 0.816. The summed E-state index contributed by atoms with van der Waals surface area (Å²) < 4.78 is 5.84. The van der Waals surface area contributed by atoms with Crippen molar-refractivity contribution in [2.45, 2.75) is 18.9 Å². The van der Waals surface area contributed by atoms with Crippen molar-refractivity contribution >= 4 is 11.8 Å². The molecule has 1 fully saturated rings. The molecule has 6 nitrogen and oxygen atoms in total. The number of primary amides is 1. The molecule has 0 bridgehead atoms. The molecule has 0 spiro atoms. The fourth-order valence-corrected chi connectivity index (χ4v) is 2.30. The van der Waals surface area contributed by atoms with E-state index in [1.807, 2.05) is 0 Å². The lowest BCUT2D eigenvalue weighted by Gasteiger charge is -2.32. The summed E-state index contributed by atoms with van der Waals surface area (Å²) in [4.78, 5) is 24.5. The summed E-state index contributed by atoms with van der Waals surface area (Å²) in [6, 6.07) is 6.92. The lowest BCUT2D eigenvalue weighted by molar-refractivity contribution is -0.131. The van der Waals surface area contributed by atoms with E-state index >= 15 is 0 Å². The number of nitrogens with zero attached hydrogens (tertiary/aromatic N) is 1. The highest BCUT2D eigenvalue weighted by atomic mass is 16.5. The molecule has 20 heavy (non-hydrogen) atoms. The van der Waals surface area contributed by atoms with Crippen LogP contribution in [0.2, 0.25) is 0 Å². The molecule has 1 saturated heterocycles. The molecule has 0 saturated carbocycles. The maximum Gasteiger partial charge on any atom is 0.252 e. The molecule has 1 aromatic rings. The molecule has 1 heterocycles. The summed E-state index contributed by atoms with van der Waals surface area (Å²) >= 11 is 0. The van der Waals surface area contributed by atoms with Gasteiger partial charge in [0.2, 0.25) is 5.91 Å². The molecular formula is C14H19N3O3. The number of hydrogen-bond donors (Lipinski definition) is 2. The zero-order valence-electron chi connectivity index (χ0n) is 11.2. The first-order chi connectivity index (χ1) is 9.61. The topological polar surface area (TPSA) is 98.7 Å². The summed E-state index contributed by atoms with van der Waals surface area (Å²) in [5, 5.41) is 0. The summed E-state index contributed by atoms with van der Waals surface area (Å²) in [5.74, 6) is -0.0408. The lowest BCUT2D eigenvalue weighted by atomic mass is 10.1. The first kappa shape index (κ1) is 14.3. The van der Waals surface area contributed by atoms with Crippen LogP contribution in [-0.4, -0.2) is 42.5 Å². The average molecular weight is 277 g/mol. The van der Waals surface area contributed by atoms with Gasteiger partial charge in [0.25, 0.3) is 5.91 Å². The first-order valence-corrected chi connectivity index (χ1v) is 6.65. The Kier molecular flexibility index (Phi) is 4.57. The van der Waals surface area contributed by atoms with Crippen LogP contribution in [0.5, 0.6) is 5.75 Å². The molecule has 0 aromatic heterocycles. The molecule has 1 aromatic carbocycles. The van der Waals surface area contributed by atoms with Crippen molar-refractivity contribution in [3.05, 3.63) is 29.8 Å². The Labute approximate surface area is 117 Å². The Morgan fingerprint density at radius 1 is 1.25 bits per heavy atom. The normalized spacial score (nSPS) is 15.9. The second-order valence-corrected chi connectivity index (χ2v) is 4.76. The van der Waals surface area contributed by atoms with Crippen LogP contribution in [0.25, 0.3) is 0 Å². The molecule has 1 aliphatic heterocycles. The average Bonchev–Trinajstić information content (AvgIpc) is 2.47. The number of ether oxygens (including phenoxy) is 1. The Bertz CT molecular complexity index is 496. The van der Waals surface area contributed by atoms with Gasteiger partial charge in [0.15, 0.2) is 0 Å². The van der Waals surface area contributed by atoms with Gasteiger partial charge in [0, 0.05) is 25.9 Å². The Balaban J connectivity index is 1.96. The van der Waals surface area contributed by atoms with Crippen LogP contribution in [0.1, 0.15) is 23.2 Å². The molecular weight excluding hydrogens is 258 g/mol. The van der Waals surface area contributed by atoms with E-state index in [2.05, 4.69) is 0 Å². The van der Waals surface area contributed by atoms with Gasteiger partial charge in [0.1, 0.15) is 11.9 Å². The van der Waals surface area contributed by atoms with Crippen LogP contribution in [-0.2, 0) is 4.79 Å². The second kappa shape index (κ2) is 6.38. The van der Waals surface area contributed by atoms with Gasteiger partial charge in [-0.25, -0.2) is 0 Å². The number of para-hydroxylation sites is 1. The first-order valence-electron chi connectivity index (χ1n) is 6.65. The third kappa shape index (κ3) is 3.27. The number of piperidine rings is 1. The van der Waals surface area contributed by atoms with Crippen molar-refractivity contribution in [2.24, 2.45) is 11.5 Å². The van der Waals surface area contributed by atoms with E-state index < -0.39 is 5.91 Å². The standard InChI is InChI=1S/C14H19N3O3/c15-9-13(18)17-7-5-10(6-8-17)20-12-4-2-1-3-11(12)14(16)19/h1-4,10H,5-9,15H2,(H2,16,19). The second-order valence-electron chi connectivity index (χ2n) is 4.76. The van der Waals surface area contributed by atoms with E-state index in [0.29, 0.717) is 24.4 Å². The van der Waals surface area contributed by atoms with Gasteiger partial charge < -0.3 is 21.1 Å². The van der Waals surface area contributed by atoms with E-state index in [0.717, 1.165) is 12.8 Å². The summed E-state index contributed by atoms with van der Waals surface area (Å²) in [6.07, 6.45) is 1.43. The molecule has 0 atom stereocenters. The lowest BCUT2D eigenvalue weighted by Crippen LogP contribution is -2.44. The molecule has 108 valence electrons. The molecule has 0 radical (unpaired) electrons. The maximum atomic E-state index is 11.5. The van der Waals surface area contributed by atoms with Crippen LogP contribution in [0.3, 0.4) is 0 Å². The minimum Gasteiger partial charge on any atom is -0.489 e. The number of likely N-dealkylation sites (tertiary alicyclic amines) is 1. The van der Waals surface area contributed by atoms with Crippen LogP contribution in [0, 0.1) is 0 Å². The number of carbonyl (C=O) groups excluding carboxylic acids is 2. The fourth-order valence-electron chi connectivity index (χ4n) is 2.30. The SMILES string of the molecule is NCC(=O)N1CCC(Oc2ccccc2C(N)=O)CC1. The predicted molar refractivity (Wildman–Crippen MR) is 74.2 cm³/mol. The highest BCUT2D eigenvalue weighted by molar-refractivity contribution is 5.95. The number of carbonyl (C=O) groups is 2. The van der Waals surface area contributed by atoms with Crippen molar-refractivity contribution in [3.8, 4) is 5.75 Å². The smallest absolute Gasteiger partial charge is 0.252 e. The van der Waals surface area contributed by atoms with Gasteiger partial charge >= 0.3 is 0 Å². The van der Waals surface area contributed by atoms with Gasteiger partial charge in [-0.3, -0.25) is 9.59 Å². The molecule has 1 aliphatic rings. The van der Waals surface area contributed by atoms with Crippen LogP contribution in [0.4, 0.5) is 0 Å². The zero-order valence-corrected chi connectivity index (χ0v) is 11.2. The van der Waals surface area contributed by atoms with E-state index in [1.54, 1.807) is 29.2 Å². The maximum absolute atomic E-state index is 11.5. The minimum atomic E-state index is -0.503. The van der Waals surface area contributed by atoms with Crippen molar-refractivity contribution in [1.29, 1.82) is 0 Å². The summed E-state index contributed by atoms with van der Waals surface area (Å²) in [7, 11) is 0.